The summed E-state index contributed by atoms with van der Waals surface area (Å²) in [4.78, 5) is 0. The SMILES string of the molecule is COc1ccc(COC[C@@H](C)CO[Si](c2ccccc2)(c2ccccc2)C(C)(C)C)cc1. The van der Waals surface area contributed by atoms with Gasteiger partial charge in [-0.3, -0.25) is 0 Å². The van der Waals surface area contributed by atoms with Gasteiger partial charge >= 0.3 is 0 Å². The van der Waals surface area contributed by atoms with Crippen molar-refractivity contribution in [1.82, 2.24) is 0 Å². The van der Waals surface area contributed by atoms with Gasteiger partial charge in [0.25, 0.3) is 8.32 Å². The standard InChI is InChI=1S/C28H36O3Si/c1-23(20-30-22-24-16-18-25(29-5)19-17-24)21-31-32(28(2,3)4,26-12-8-6-9-13-26)27-14-10-7-11-15-27/h6-19,23H,20-22H2,1-5H3/t23-/m1/s1. The van der Waals surface area contributed by atoms with Crippen molar-refractivity contribution in [3.63, 3.8) is 0 Å². The number of hydrogen-bond donors (Lipinski definition) is 0. The first-order valence-corrected chi connectivity index (χ1v) is 13.2. The van der Waals surface area contributed by atoms with Gasteiger partial charge in [-0.2, -0.15) is 0 Å². The van der Waals surface area contributed by atoms with Crippen LogP contribution in [0.3, 0.4) is 0 Å². The molecule has 32 heavy (non-hydrogen) atoms. The molecule has 0 amide bonds. The lowest BCUT2D eigenvalue weighted by molar-refractivity contribution is 0.0724. The van der Waals surface area contributed by atoms with E-state index in [4.69, 9.17) is 13.9 Å². The molecule has 0 aromatic heterocycles. The normalized spacial score (nSPS) is 13.0. The molecule has 3 rings (SSSR count). The third-order valence-corrected chi connectivity index (χ3v) is 10.8. The predicted molar refractivity (Wildman–Crippen MR) is 135 cm³/mol. The largest absolute Gasteiger partial charge is 0.497 e. The van der Waals surface area contributed by atoms with E-state index in [1.165, 1.54) is 10.4 Å². The van der Waals surface area contributed by atoms with Gasteiger partial charge in [-0.05, 0) is 33.1 Å². The summed E-state index contributed by atoms with van der Waals surface area (Å²) in [6, 6.07) is 29.6. The molecule has 0 N–H and O–H groups in total. The van der Waals surface area contributed by atoms with Crippen LogP contribution in [0, 0.1) is 5.92 Å². The zero-order valence-electron chi connectivity index (χ0n) is 20.0. The highest BCUT2D eigenvalue weighted by molar-refractivity contribution is 6.99. The van der Waals surface area contributed by atoms with E-state index in [2.05, 4.69) is 88.4 Å². The van der Waals surface area contributed by atoms with Crippen molar-refractivity contribution in [1.29, 1.82) is 0 Å². The van der Waals surface area contributed by atoms with E-state index in [9.17, 15) is 0 Å². The van der Waals surface area contributed by atoms with Crippen molar-refractivity contribution < 1.29 is 13.9 Å². The van der Waals surface area contributed by atoms with Crippen LogP contribution in [-0.4, -0.2) is 28.6 Å². The van der Waals surface area contributed by atoms with Gasteiger partial charge in [0.15, 0.2) is 0 Å². The van der Waals surface area contributed by atoms with Crippen LogP contribution in [0.15, 0.2) is 84.9 Å². The third-order valence-electron chi connectivity index (χ3n) is 5.83. The Labute approximate surface area is 194 Å². The Balaban J connectivity index is 1.72. The lowest BCUT2D eigenvalue weighted by Gasteiger charge is -2.43. The smallest absolute Gasteiger partial charge is 0.261 e. The van der Waals surface area contributed by atoms with E-state index in [1.54, 1.807) is 7.11 Å². The van der Waals surface area contributed by atoms with Crippen molar-refractivity contribution in [2.75, 3.05) is 20.3 Å². The number of benzene rings is 3. The summed E-state index contributed by atoms with van der Waals surface area (Å²) in [7, 11) is -0.816. The Morgan fingerprint density at radius 2 is 1.28 bits per heavy atom. The van der Waals surface area contributed by atoms with Crippen LogP contribution in [0.5, 0.6) is 5.75 Å². The Morgan fingerprint density at radius 1 is 0.750 bits per heavy atom. The fourth-order valence-electron chi connectivity index (χ4n) is 4.18. The quantitative estimate of drug-likeness (QED) is 0.387. The highest BCUT2D eigenvalue weighted by Gasteiger charge is 2.50. The number of hydrogen-bond acceptors (Lipinski definition) is 3. The number of methoxy groups -OCH3 is 1. The Bertz CT molecular complexity index is 894. The minimum atomic E-state index is -2.50. The highest BCUT2D eigenvalue weighted by Crippen LogP contribution is 2.37. The van der Waals surface area contributed by atoms with E-state index in [-0.39, 0.29) is 11.0 Å². The van der Waals surface area contributed by atoms with Gasteiger partial charge in [-0.15, -0.1) is 0 Å². The monoisotopic (exact) mass is 448 g/mol. The second-order valence-corrected chi connectivity index (χ2v) is 13.7. The highest BCUT2D eigenvalue weighted by atomic mass is 28.4. The summed E-state index contributed by atoms with van der Waals surface area (Å²) in [6.45, 7) is 11.0. The first-order valence-electron chi connectivity index (χ1n) is 11.3. The average Bonchev–Trinajstić information content (AvgIpc) is 2.80. The molecule has 0 unspecified atom stereocenters. The molecule has 1 atom stereocenters. The molecule has 170 valence electrons. The van der Waals surface area contributed by atoms with Gasteiger partial charge < -0.3 is 13.9 Å². The zero-order chi connectivity index (χ0) is 23.0. The molecule has 0 radical (unpaired) electrons. The zero-order valence-corrected chi connectivity index (χ0v) is 21.0. The van der Waals surface area contributed by atoms with E-state index in [1.807, 2.05) is 24.3 Å². The summed E-state index contributed by atoms with van der Waals surface area (Å²) in [6.07, 6.45) is 0. The van der Waals surface area contributed by atoms with Crippen LogP contribution < -0.4 is 15.1 Å². The van der Waals surface area contributed by atoms with Crippen LogP contribution in [0.25, 0.3) is 0 Å². The van der Waals surface area contributed by atoms with Crippen LogP contribution in [0.2, 0.25) is 5.04 Å². The maximum atomic E-state index is 7.00. The minimum absolute atomic E-state index is 0.0145. The van der Waals surface area contributed by atoms with Crippen LogP contribution in [0.1, 0.15) is 33.3 Å². The average molecular weight is 449 g/mol. The molecule has 0 fully saturated rings. The van der Waals surface area contributed by atoms with Crippen molar-refractivity contribution >= 4 is 18.7 Å². The number of rotatable bonds is 10. The number of ether oxygens (including phenoxy) is 2. The molecular formula is C28H36O3Si. The summed E-state index contributed by atoms with van der Waals surface area (Å²) in [5.74, 6) is 1.15. The predicted octanol–water partition coefficient (Wildman–Crippen LogP) is 5.42. The van der Waals surface area contributed by atoms with E-state index >= 15 is 0 Å². The summed E-state index contributed by atoms with van der Waals surface area (Å²) in [5.41, 5.74) is 1.14. The summed E-state index contributed by atoms with van der Waals surface area (Å²) in [5, 5.41) is 2.61. The van der Waals surface area contributed by atoms with E-state index < -0.39 is 8.32 Å². The maximum Gasteiger partial charge on any atom is 0.261 e. The van der Waals surface area contributed by atoms with Gasteiger partial charge in [0.1, 0.15) is 5.75 Å². The van der Waals surface area contributed by atoms with Gasteiger partial charge in [0.2, 0.25) is 0 Å². The molecule has 3 aromatic rings. The fraction of sp³-hybridized carbons (Fsp3) is 0.357. The third kappa shape index (κ3) is 5.69. The topological polar surface area (TPSA) is 27.7 Å². The molecule has 0 aliphatic carbocycles. The lowest BCUT2D eigenvalue weighted by Crippen LogP contribution is -2.66. The molecular weight excluding hydrogens is 412 g/mol. The first kappa shape index (κ1) is 24.2. The van der Waals surface area contributed by atoms with Crippen molar-refractivity contribution in [3.8, 4) is 5.75 Å². The molecule has 0 saturated carbocycles. The van der Waals surface area contributed by atoms with Crippen LogP contribution in [0.4, 0.5) is 0 Å². The molecule has 0 spiro atoms. The van der Waals surface area contributed by atoms with Gasteiger partial charge in [0, 0.05) is 12.5 Å². The summed E-state index contributed by atoms with van der Waals surface area (Å²) < 4.78 is 18.2. The molecule has 3 nitrogen and oxygen atoms in total. The maximum absolute atomic E-state index is 7.00. The molecule has 0 saturated heterocycles. The second kappa shape index (κ2) is 11.0. The van der Waals surface area contributed by atoms with Crippen molar-refractivity contribution in [2.24, 2.45) is 5.92 Å². The van der Waals surface area contributed by atoms with E-state index in [0.717, 1.165) is 11.3 Å². The molecule has 4 heteroatoms. The van der Waals surface area contributed by atoms with Gasteiger partial charge in [-0.1, -0.05) is 100 Å². The first-order chi connectivity index (χ1) is 15.4. The summed E-state index contributed by atoms with van der Waals surface area (Å²) >= 11 is 0. The van der Waals surface area contributed by atoms with Crippen LogP contribution >= 0.6 is 0 Å². The van der Waals surface area contributed by atoms with E-state index in [0.29, 0.717) is 19.8 Å². The second-order valence-electron chi connectivity index (χ2n) is 9.44. The molecule has 0 aliphatic heterocycles. The van der Waals surface area contributed by atoms with Gasteiger partial charge in [-0.25, -0.2) is 0 Å². The van der Waals surface area contributed by atoms with Crippen molar-refractivity contribution in [3.05, 3.63) is 90.5 Å². The Morgan fingerprint density at radius 3 is 1.75 bits per heavy atom. The lowest BCUT2D eigenvalue weighted by atomic mass is 10.2. The minimum Gasteiger partial charge on any atom is -0.497 e. The van der Waals surface area contributed by atoms with Gasteiger partial charge in [0.05, 0.1) is 20.3 Å². The Hall–Kier alpha value is -2.40. The fourth-order valence-corrected chi connectivity index (χ4v) is 8.87. The molecule has 0 aliphatic rings. The Kier molecular flexibility index (Phi) is 8.30. The van der Waals surface area contributed by atoms with Crippen LogP contribution in [-0.2, 0) is 15.8 Å². The molecule has 0 heterocycles. The molecule has 3 aromatic carbocycles. The molecule has 0 bridgehead atoms. The van der Waals surface area contributed by atoms with Crippen molar-refractivity contribution in [2.45, 2.75) is 39.3 Å².